The first-order chi connectivity index (χ1) is 7.09. The number of nitrogens with one attached hydrogen (secondary N) is 1. The number of ether oxygens (including phenoxy) is 1. The summed E-state index contributed by atoms with van der Waals surface area (Å²) in [6.45, 7) is 8.54. The van der Waals surface area contributed by atoms with E-state index < -0.39 is 5.60 Å². The Morgan fingerprint density at radius 3 is 2.73 bits per heavy atom. The largest absolute Gasteiger partial charge is 0.389 e. The van der Waals surface area contributed by atoms with Crippen molar-refractivity contribution >= 4 is 0 Å². The van der Waals surface area contributed by atoms with Gasteiger partial charge in [-0.2, -0.15) is 0 Å². The molecule has 0 saturated carbocycles. The van der Waals surface area contributed by atoms with Gasteiger partial charge in [0.05, 0.1) is 12.2 Å². The van der Waals surface area contributed by atoms with Crippen LogP contribution in [0.5, 0.6) is 0 Å². The maximum absolute atomic E-state index is 9.92. The van der Waals surface area contributed by atoms with E-state index >= 15 is 0 Å². The lowest BCUT2D eigenvalue weighted by atomic mass is 9.95. The second-order valence-corrected chi connectivity index (χ2v) is 4.87. The Hall–Kier alpha value is -0.120. The molecule has 3 unspecified atom stereocenters. The average Bonchev–Trinajstić information content (AvgIpc) is 2.72. The molecule has 2 N–H and O–H groups in total. The maximum atomic E-state index is 9.92. The Bertz CT molecular complexity index is 176. The van der Waals surface area contributed by atoms with Gasteiger partial charge < -0.3 is 15.2 Å². The molecule has 0 aromatic heterocycles. The summed E-state index contributed by atoms with van der Waals surface area (Å²) in [5.74, 6) is 0.627. The summed E-state index contributed by atoms with van der Waals surface area (Å²) < 4.78 is 5.40. The second-order valence-electron chi connectivity index (χ2n) is 4.87. The molecule has 1 rings (SSSR count). The molecule has 3 nitrogen and oxygen atoms in total. The fourth-order valence-electron chi connectivity index (χ4n) is 1.99. The van der Waals surface area contributed by atoms with Crippen LogP contribution in [-0.4, -0.2) is 36.5 Å². The van der Waals surface area contributed by atoms with Crippen LogP contribution in [0.3, 0.4) is 0 Å². The third-order valence-electron chi connectivity index (χ3n) is 3.48. The third-order valence-corrected chi connectivity index (χ3v) is 3.48. The van der Waals surface area contributed by atoms with Crippen molar-refractivity contribution in [3.8, 4) is 0 Å². The minimum atomic E-state index is -0.577. The highest BCUT2D eigenvalue weighted by atomic mass is 16.5. The molecule has 0 aromatic carbocycles. The molecule has 0 spiro atoms. The molecule has 1 heterocycles. The van der Waals surface area contributed by atoms with Crippen LogP contribution in [0, 0.1) is 5.92 Å². The monoisotopic (exact) mass is 215 g/mol. The van der Waals surface area contributed by atoms with E-state index in [2.05, 4.69) is 12.2 Å². The van der Waals surface area contributed by atoms with Gasteiger partial charge in [0.25, 0.3) is 0 Å². The first-order valence-corrected chi connectivity index (χ1v) is 6.12. The second kappa shape index (κ2) is 5.83. The fourth-order valence-corrected chi connectivity index (χ4v) is 1.99. The molecule has 0 aliphatic carbocycles. The van der Waals surface area contributed by atoms with Crippen molar-refractivity contribution in [1.82, 2.24) is 5.32 Å². The topological polar surface area (TPSA) is 41.5 Å². The van der Waals surface area contributed by atoms with Gasteiger partial charge in [-0.15, -0.1) is 0 Å². The fraction of sp³-hybridized carbons (Fsp3) is 1.00. The summed E-state index contributed by atoms with van der Waals surface area (Å²) in [5.41, 5.74) is -0.577. The van der Waals surface area contributed by atoms with Crippen molar-refractivity contribution in [2.45, 2.75) is 51.7 Å². The Kier molecular flexibility index (Phi) is 5.03. The molecule has 90 valence electrons. The molecule has 3 heteroatoms. The first kappa shape index (κ1) is 12.9. The summed E-state index contributed by atoms with van der Waals surface area (Å²) >= 11 is 0. The molecule has 1 fully saturated rings. The lowest BCUT2D eigenvalue weighted by Crippen LogP contribution is -2.45. The predicted molar refractivity (Wildman–Crippen MR) is 61.9 cm³/mol. The maximum Gasteiger partial charge on any atom is 0.0741 e. The molecule has 0 bridgehead atoms. The van der Waals surface area contributed by atoms with Crippen LogP contribution in [0.25, 0.3) is 0 Å². The van der Waals surface area contributed by atoms with Crippen molar-refractivity contribution < 1.29 is 9.84 Å². The SMILES string of the molecule is CCC(NCC(C)(O)CC)C1CCOC1. The van der Waals surface area contributed by atoms with Crippen molar-refractivity contribution in [2.75, 3.05) is 19.8 Å². The van der Waals surface area contributed by atoms with Crippen molar-refractivity contribution in [3.05, 3.63) is 0 Å². The van der Waals surface area contributed by atoms with Crippen LogP contribution in [0.4, 0.5) is 0 Å². The Labute approximate surface area is 93.2 Å². The van der Waals surface area contributed by atoms with Crippen LogP contribution >= 0.6 is 0 Å². The Balaban J connectivity index is 2.33. The van der Waals surface area contributed by atoms with Gasteiger partial charge in [-0.25, -0.2) is 0 Å². The highest BCUT2D eigenvalue weighted by Crippen LogP contribution is 2.19. The van der Waals surface area contributed by atoms with Crippen LogP contribution in [0.1, 0.15) is 40.0 Å². The molecule has 0 radical (unpaired) electrons. The van der Waals surface area contributed by atoms with E-state index in [1.807, 2.05) is 13.8 Å². The predicted octanol–water partition coefficient (Wildman–Crippen LogP) is 1.55. The number of hydrogen-bond acceptors (Lipinski definition) is 3. The van der Waals surface area contributed by atoms with E-state index in [0.717, 1.165) is 32.5 Å². The normalized spacial score (nSPS) is 27.6. The molecular weight excluding hydrogens is 190 g/mol. The van der Waals surface area contributed by atoms with Crippen LogP contribution in [0.15, 0.2) is 0 Å². The molecule has 1 aliphatic rings. The van der Waals surface area contributed by atoms with Gasteiger partial charge in [-0.1, -0.05) is 13.8 Å². The zero-order valence-corrected chi connectivity index (χ0v) is 10.3. The molecule has 3 atom stereocenters. The van der Waals surface area contributed by atoms with Crippen molar-refractivity contribution in [1.29, 1.82) is 0 Å². The quantitative estimate of drug-likeness (QED) is 0.706. The van der Waals surface area contributed by atoms with Gasteiger partial charge >= 0.3 is 0 Å². The molecule has 0 aromatic rings. The van der Waals surface area contributed by atoms with Crippen LogP contribution < -0.4 is 5.32 Å². The van der Waals surface area contributed by atoms with Gasteiger partial charge in [-0.05, 0) is 32.1 Å². The highest BCUT2D eigenvalue weighted by molar-refractivity contribution is 4.82. The summed E-state index contributed by atoms with van der Waals surface area (Å²) in [6, 6.07) is 0.491. The molecule has 15 heavy (non-hydrogen) atoms. The van der Waals surface area contributed by atoms with Gasteiger partial charge in [0, 0.05) is 19.2 Å². The van der Waals surface area contributed by atoms with Crippen LogP contribution in [-0.2, 0) is 4.74 Å². The summed E-state index contributed by atoms with van der Waals surface area (Å²) in [5, 5.41) is 13.4. The average molecular weight is 215 g/mol. The van der Waals surface area contributed by atoms with E-state index in [1.54, 1.807) is 0 Å². The van der Waals surface area contributed by atoms with Crippen molar-refractivity contribution in [2.24, 2.45) is 5.92 Å². The minimum absolute atomic E-state index is 0.491. The number of rotatable bonds is 6. The van der Waals surface area contributed by atoms with Gasteiger partial charge in [0.2, 0.25) is 0 Å². The van der Waals surface area contributed by atoms with Crippen LogP contribution in [0.2, 0.25) is 0 Å². The van der Waals surface area contributed by atoms with Crippen molar-refractivity contribution in [3.63, 3.8) is 0 Å². The Morgan fingerprint density at radius 2 is 2.27 bits per heavy atom. The zero-order valence-electron chi connectivity index (χ0n) is 10.3. The summed E-state index contributed by atoms with van der Waals surface area (Å²) in [4.78, 5) is 0. The minimum Gasteiger partial charge on any atom is -0.389 e. The summed E-state index contributed by atoms with van der Waals surface area (Å²) in [7, 11) is 0. The van der Waals surface area contributed by atoms with Gasteiger partial charge in [0.15, 0.2) is 0 Å². The first-order valence-electron chi connectivity index (χ1n) is 6.12. The molecular formula is C12H25NO2. The third kappa shape index (κ3) is 4.09. The highest BCUT2D eigenvalue weighted by Gasteiger charge is 2.26. The number of hydrogen-bond donors (Lipinski definition) is 2. The molecule has 1 saturated heterocycles. The smallest absolute Gasteiger partial charge is 0.0741 e. The van der Waals surface area contributed by atoms with E-state index in [0.29, 0.717) is 18.5 Å². The molecule has 1 aliphatic heterocycles. The zero-order chi connectivity index (χ0) is 11.3. The Morgan fingerprint density at radius 1 is 1.53 bits per heavy atom. The number of aliphatic hydroxyl groups is 1. The molecule has 0 amide bonds. The van der Waals surface area contributed by atoms with E-state index in [1.165, 1.54) is 0 Å². The van der Waals surface area contributed by atoms with Gasteiger partial charge in [-0.3, -0.25) is 0 Å². The van der Waals surface area contributed by atoms with E-state index in [-0.39, 0.29) is 0 Å². The van der Waals surface area contributed by atoms with Gasteiger partial charge in [0.1, 0.15) is 0 Å². The standard InChI is InChI=1S/C12H25NO2/c1-4-11(10-6-7-15-8-10)13-9-12(3,14)5-2/h10-11,13-14H,4-9H2,1-3H3. The van der Waals surface area contributed by atoms with E-state index in [4.69, 9.17) is 4.74 Å². The lowest BCUT2D eigenvalue weighted by molar-refractivity contribution is 0.0495. The van der Waals surface area contributed by atoms with E-state index in [9.17, 15) is 5.11 Å². The lowest BCUT2D eigenvalue weighted by Gasteiger charge is -2.28. The summed E-state index contributed by atoms with van der Waals surface area (Å²) in [6.07, 6.45) is 3.05.